The number of hydrazone groups is 1. The van der Waals surface area contributed by atoms with Gasteiger partial charge in [-0.15, -0.1) is 0 Å². The molecule has 0 saturated heterocycles. The molecule has 35 heavy (non-hydrogen) atoms. The number of aromatic nitrogens is 1. The van der Waals surface area contributed by atoms with Gasteiger partial charge in [0.15, 0.2) is 0 Å². The van der Waals surface area contributed by atoms with Gasteiger partial charge in [-0.05, 0) is 29.0 Å². The lowest BCUT2D eigenvalue weighted by molar-refractivity contribution is 0.0956. The Morgan fingerprint density at radius 2 is 1.66 bits per heavy atom. The second kappa shape index (κ2) is 10.0. The number of pyridine rings is 1. The Morgan fingerprint density at radius 1 is 0.914 bits per heavy atom. The van der Waals surface area contributed by atoms with E-state index in [2.05, 4.69) is 17.1 Å². The van der Waals surface area contributed by atoms with Crippen LogP contribution in [0.25, 0.3) is 32.9 Å². The summed E-state index contributed by atoms with van der Waals surface area (Å²) in [6.07, 6.45) is 3.32. The number of ether oxygens (including phenoxy) is 1. The van der Waals surface area contributed by atoms with E-state index in [0.29, 0.717) is 17.9 Å². The number of nitrogens with zero attached hydrogens (tertiary/aromatic N) is 2. The Labute approximate surface area is 203 Å². The Bertz CT molecular complexity index is 1560. The van der Waals surface area contributed by atoms with E-state index in [1.807, 2.05) is 91.0 Å². The first-order chi connectivity index (χ1) is 17.2. The largest absolute Gasteiger partial charge is 0.489 e. The minimum Gasteiger partial charge on any atom is -0.489 e. The van der Waals surface area contributed by atoms with E-state index in [9.17, 15) is 4.79 Å². The number of para-hydroxylation sites is 1. The molecule has 0 aliphatic carbocycles. The molecular weight excluding hydrogens is 434 g/mol. The average Bonchev–Trinajstić information content (AvgIpc) is 2.92. The van der Waals surface area contributed by atoms with Crippen LogP contribution in [0.2, 0.25) is 0 Å². The van der Waals surface area contributed by atoms with Gasteiger partial charge in [-0.1, -0.05) is 91.5 Å². The second-order valence-electron chi connectivity index (χ2n) is 7.94. The Morgan fingerprint density at radius 3 is 2.49 bits per heavy atom. The maximum absolute atomic E-state index is 13.3. The Kier molecular flexibility index (Phi) is 6.31. The number of hydrogen-bond donors (Lipinski definition) is 1. The van der Waals surface area contributed by atoms with Gasteiger partial charge in [-0.2, -0.15) is 5.10 Å². The van der Waals surface area contributed by atoms with Crippen LogP contribution in [0.3, 0.4) is 0 Å². The lowest BCUT2D eigenvalue weighted by Gasteiger charge is -2.11. The van der Waals surface area contributed by atoms with Gasteiger partial charge < -0.3 is 4.74 Å². The van der Waals surface area contributed by atoms with Gasteiger partial charge in [0.05, 0.1) is 23.0 Å². The molecule has 4 aromatic carbocycles. The zero-order valence-electron chi connectivity index (χ0n) is 19.0. The van der Waals surface area contributed by atoms with Gasteiger partial charge >= 0.3 is 0 Å². The first-order valence-electron chi connectivity index (χ1n) is 11.3. The van der Waals surface area contributed by atoms with Crippen molar-refractivity contribution in [1.29, 1.82) is 0 Å². The fourth-order valence-electron chi connectivity index (χ4n) is 4.02. The van der Waals surface area contributed by atoms with Crippen molar-refractivity contribution in [2.24, 2.45) is 5.10 Å². The standard InChI is InChI=1S/C30H23N3O2/c1-2-18-35-29-17-16-21-10-6-7-13-23(21)26(29)20-31-33-30(34)25-19-28(22-11-4-3-5-12-22)32-27-15-9-8-14-24(25)27/h2-17,19-20H,1,18H2,(H,33,34)/b31-20-. The molecule has 0 saturated carbocycles. The molecule has 1 heterocycles. The highest BCUT2D eigenvalue weighted by Crippen LogP contribution is 2.27. The molecular formula is C30H23N3O2. The van der Waals surface area contributed by atoms with E-state index in [1.165, 1.54) is 0 Å². The van der Waals surface area contributed by atoms with Gasteiger partial charge in [0, 0.05) is 16.5 Å². The molecule has 0 radical (unpaired) electrons. The summed E-state index contributed by atoms with van der Waals surface area (Å²) in [7, 11) is 0. The van der Waals surface area contributed by atoms with E-state index in [4.69, 9.17) is 9.72 Å². The zero-order chi connectivity index (χ0) is 24.0. The van der Waals surface area contributed by atoms with Gasteiger partial charge in [-0.3, -0.25) is 4.79 Å². The summed E-state index contributed by atoms with van der Waals surface area (Å²) in [5.41, 5.74) is 6.40. The fourth-order valence-corrected chi connectivity index (χ4v) is 4.02. The lowest BCUT2D eigenvalue weighted by atomic mass is 10.0. The van der Waals surface area contributed by atoms with Crippen LogP contribution < -0.4 is 10.2 Å². The molecule has 0 aliphatic rings. The minimum atomic E-state index is -0.314. The number of benzene rings is 4. The monoisotopic (exact) mass is 457 g/mol. The number of fused-ring (bicyclic) bond motifs is 2. The van der Waals surface area contributed by atoms with Gasteiger partial charge in [0.2, 0.25) is 0 Å². The molecule has 0 unspecified atom stereocenters. The number of rotatable bonds is 7. The van der Waals surface area contributed by atoms with E-state index < -0.39 is 0 Å². The molecule has 170 valence electrons. The fraction of sp³-hybridized carbons (Fsp3) is 0.0333. The van der Waals surface area contributed by atoms with Gasteiger partial charge in [0.25, 0.3) is 5.91 Å². The highest BCUT2D eigenvalue weighted by Gasteiger charge is 2.14. The number of carbonyl (C=O) groups is 1. The molecule has 0 bridgehead atoms. The first-order valence-corrected chi connectivity index (χ1v) is 11.3. The first kappa shape index (κ1) is 22.0. The van der Waals surface area contributed by atoms with E-state index in [-0.39, 0.29) is 5.91 Å². The molecule has 0 spiro atoms. The quantitative estimate of drug-likeness (QED) is 0.175. The van der Waals surface area contributed by atoms with Gasteiger partial charge in [-0.25, -0.2) is 10.4 Å². The molecule has 0 atom stereocenters. The SMILES string of the molecule is C=CCOc1ccc2ccccc2c1/C=N\NC(=O)c1cc(-c2ccccc2)nc2ccccc12. The number of carbonyl (C=O) groups excluding carboxylic acids is 1. The second-order valence-corrected chi connectivity index (χ2v) is 7.94. The van der Waals surface area contributed by atoms with E-state index in [1.54, 1.807) is 18.4 Å². The molecule has 0 aliphatic heterocycles. The van der Waals surface area contributed by atoms with Crippen molar-refractivity contribution in [1.82, 2.24) is 10.4 Å². The third-order valence-corrected chi connectivity index (χ3v) is 5.68. The van der Waals surface area contributed by atoms with Crippen molar-refractivity contribution in [3.05, 3.63) is 121 Å². The van der Waals surface area contributed by atoms with Crippen LogP contribution in [-0.2, 0) is 0 Å². The van der Waals surface area contributed by atoms with Crippen molar-refractivity contribution >= 4 is 33.8 Å². The van der Waals surface area contributed by atoms with Crippen LogP contribution in [0.1, 0.15) is 15.9 Å². The summed E-state index contributed by atoms with van der Waals surface area (Å²) in [6, 6.07) is 31.1. The topological polar surface area (TPSA) is 63.6 Å². The molecule has 1 aromatic heterocycles. The minimum absolute atomic E-state index is 0.314. The Balaban J connectivity index is 1.49. The summed E-state index contributed by atoms with van der Waals surface area (Å²) in [5.74, 6) is 0.355. The molecule has 5 aromatic rings. The van der Waals surface area contributed by atoms with Crippen molar-refractivity contribution in [3.8, 4) is 17.0 Å². The van der Waals surface area contributed by atoms with Crippen LogP contribution in [0, 0.1) is 0 Å². The molecule has 5 heteroatoms. The van der Waals surface area contributed by atoms with Crippen molar-refractivity contribution in [2.75, 3.05) is 6.61 Å². The van der Waals surface area contributed by atoms with Crippen LogP contribution in [0.4, 0.5) is 0 Å². The molecule has 1 N–H and O–H groups in total. The Hall–Kier alpha value is -4.77. The number of amides is 1. The van der Waals surface area contributed by atoms with Crippen molar-refractivity contribution in [2.45, 2.75) is 0 Å². The molecule has 1 amide bonds. The maximum Gasteiger partial charge on any atom is 0.272 e. The van der Waals surface area contributed by atoms with E-state index >= 15 is 0 Å². The van der Waals surface area contributed by atoms with Crippen LogP contribution >= 0.6 is 0 Å². The summed E-state index contributed by atoms with van der Waals surface area (Å²) in [4.78, 5) is 18.0. The van der Waals surface area contributed by atoms with Gasteiger partial charge in [0.1, 0.15) is 12.4 Å². The smallest absolute Gasteiger partial charge is 0.272 e. The predicted octanol–water partition coefficient (Wildman–Crippen LogP) is 6.38. The van der Waals surface area contributed by atoms with E-state index in [0.717, 1.165) is 38.5 Å². The summed E-state index contributed by atoms with van der Waals surface area (Å²) in [6.45, 7) is 4.09. The zero-order valence-corrected chi connectivity index (χ0v) is 19.0. The average molecular weight is 458 g/mol. The van der Waals surface area contributed by atoms with Crippen LogP contribution in [0.15, 0.2) is 115 Å². The van der Waals surface area contributed by atoms with Crippen LogP contribution in [0.5, 0.6) is 5.75 Å². The summed E-state index contributed by atoms with van der Waals surface area (Å²) in [5, 5.41) is 7.09. The third-order valence-electron chi connectivity index (χ3n) is 5.68. The maximum atomic E-state index is 13.3. The molecule has 0 fully saturated rings. The normalized spacial score (nSPS) is 11.1. The molecule has 5 nitrogen and oxygen atoms in total. The lowest BCUT2D eigenvalue weighted by Crippen LogP contribution is -2.18. The van der Waals surface area contributed by atoms with Crippen molar-refractivity contribution < 1.29 is 9.53 Å². The number of hydrogen-bond acceptors (Lipinski definition) is 4. The van der Waals surface area contributed by atoms with Crippen molar-refractivity contribution in [3.63, 3.8) is 0 Å². The summed E-state index contributed by atoms with van der Waals surface area (Å²) >= 11 is 0. The third kappa shape index (κ3) is 4.66. The van der Waals surface area contributed by atoms with Crippen LogP contribution in [-0.4, -0.2) is 23.7 Å². The summed E-state index contributed by atoms with van der Waals surface area (Å²) < 4.78 is 5.83. The number of nitrogens with one attached hydrogen (secondary N) is 1. The predicted molar refractivity (Wildman–Crippen MR) is 142 cm³/mol. The highest BCUT2D eigenvalue weighted by atomic mass is 16.5. The molecule has 5 rings (SSSR count). The highest BCUT2D eigenvalue weighted by molar-refractivity contribution is 6.08.